The lowest BCUT2D eigenvalue weighted by Crippen LogP contribution is -2.34. The summed E-state index contributed by atoms with van der Waals surface area (Å²) < 4.78 is 22.7. The van der Waals surface area contributed by atoms with E-state index in [4.69, 9.17) is 13.2 Å². The number of nitrogens with one attached hydrogen (secondary N) is 1. The van der Waals surface area contributed by atoms with Crippen molar-refractivity contribution in [3.63, 3.8) is 0 Å². The van der Waals surface area contributed by atoms with Crippen LogP contribution in [-0.2, 0) is 18.0 Å². The molecule has 8 nitrogen and oxygen atoms in total. The van der Waals surface area contributed by atoms with Crippen molar-refractivity contribution in [2.24, 2.45) is 0 Å². The Kier molecular flexibility index (Phi) is 7.68. The molecule has 0 fully saturated rings. The van der Waals surface area contributed by atoms with Gasteiger partial charge in [0.05, 0.1) is 0 Å². The van der Waals surface area contributed by atoms with Crippen LogP contribution in [0.1, 0.15) is 37.4 Å². The van der Waals surface area contributed by atoms with Gasteiger partial charge in [0, 0.05) is 36.5 Å². The van der Waals surface area contributed by atoms with Gasteiger partial charge < -0.3 is 15.0 Å². The second-order valence-corrected chi connectivity index (χ2v) is 7.77. The Balaban J connectivity index is 0.000000968. The van der Waals surface area contributed by atoms with Crippen molar-refractivity contribution in [3.8, 4) is 11.5 Å². The lowest BCUT2D eigenvalue weighted by Gasteiger charge is -2.27. The number of ether oxygens (including phenoxy) is 1. The van der Waals surface area contributed by atoms with Crippen molar-refractivity contribution in [3.05, 3.63) is 82.5 Å². The highest BCUT2D eigenvalue weighted by Gasteiger charge is 2.27. The highest BCUT2D eigenvalue weighted by molar-refractivity contribution is 7.51. The average molecular weight is 466 g/mol. The smallest absolute Gasteiger partial charge is 0.335 e. The van der Waals surface area contributed by atoms with Crippen molar-refractivity contribution in [1.29, 1.82) is 0 Å². The minimum atomic E-state index is -0.750. The standard InChI is InChI=1S/C24H23N3O3.O2S/c1-15-4-7-18(8-5-15)30-21-13-17(12-20-19(21)10-11-27(3)24(20)29)23(28)26-22-9-6-16(2)14-25-22;1-3-2/h4-9,12-14H,10-11H2,1-3H3,(H,25,26,28);. The Labute approximate surface area is 195 Å². The molecule has 0 spiro atoms. The molecule has 3 aromatic rings. The van der Waals surface area contributed by atoms with Crippen molar-refractivity contribution < 1.29 is 22.7 Å². The fraction of sp³-hybridized carbons (Fsp3) is 0.208. The Hall–Kier alpha value is -3.85. The Morgan fingerprint density at radius 2 is 1.73 bits per heavy atom. The summed E-state index contributed by atoms with van der Waals surface area (Å²) in [6, 6.07) is 14.6. The second kappa shape index (κ2) is 10.6. The molecule has 0 saturated carbocycles. The van der Waals surface area contributed by atoms with Crippen LogP contribution in [0, 0.1) is 13.8 Å². The SMILES string of the molecule is Cc1ccc(Oc2cc(C(=O)Nc3ccc(C)cn3)cc3c2CCN(C)C3=O)cc1.O=S=O. The quantitative estimate of drug-likeness (QED) is 0.630. The van der Waals surface area contributed by atoms with Crippen LogP contribution in [0.4, 0.5) is 5.82 Å². The molecule has 2 amide bonds. The van der Waals surface area contributed by atoms with Crippen LogP contribution >= 0.6 is 0 Å². The summed E-state index contributed by atoms with van der Waals surface area (Å²) in [4.78, 5) is 31.5. The maximum atomic E-state index is 12.9. The van der Waals surface area contributed by atoms with Crippen LogP contribution in [0.15, 0.2) is 54.7 Å². The molecular weight excluding hydrogens is 442 g/mol. The molecule has 33 heavy (non-hydrogen) atoms. The zero-order valence-electron chi connectivity index (χ0n) is 18.5. The summed E-state index contributed by atoms with van der Waals surface area (Å²) in [5.41, 5.74) is 3.80. The number of aromatic nitrogens is 1. The van der Waals surface area contributed by atoms with E-state index in [-0.39, 0.29) is 11.8 Å². The van der Waals surface area contributed by atoms with Gasteiger partial charge in [0.1, 0.15) is 17.3 Å². The highest BCUT2D eigenvalue weighted by Crippen LogP contribution is 2.33. The van der Waals surface area contributed by atoms with Gasteiger partial charge in [-0.25, -0.2) is 4.98 Å². The fourth-order valence-electron chi connectivity index (χ4n) is 3.37. The molecule has 2 aromatic carbocycles. The minimum absolute atomic E-state index is 0.117. The van der Waals surface area contributed by atoms with Gasteiger partial charge in [-0.1, -0.05) is 23.8 Å². The first-order valence-corrected chi connectivity index (χ1v) is 10.8. The van der Waals surface area contributed by atoms with Gasteiger partial charge in [-0.2, -0.15) is 8.42 Å². The molecule has 170 valence electrons. The zero-order valence-corrected chi connectivity index (χ0v) is 19.3. The Morgan fingerprint density at radius 3 is 2.36 bits per heavy atom. The van der Waals surface area contributed by atoms with Crippen molar-refractivity contribution in [2.45, 2.75) is 20.3 Å². The predicted octanol–water partition coefficient (Wildman–Crippen LogP) is 3.70. The molecule has 0 atom stereocenters. The first kappa shape index (κ1) is 23.8. The maximum Gasteiger partial charge on any atom is 0.335 e. The average Bonchev–Trinajstić information content (AvgIpc) is 2.80. The fourth-order valence-corrected chi connectivity index (χ4v) is 3.37. The van der Waals surface area contributed by atoms with E-state index in [1.165, 1.54) is 0 Å². The van der Waals surface area contributed by atoms with Gasteiger partial charge in [-0.05, 0) is 56.2 Å². The van der Waals surface area contributed by atoms with Crippen LogP contribution in [-0.4, -0.2) is 43.7 Å². The Bertz CT molecular complexity index is 1200. The molecule has 2 heterocycles. The normalized spacial score (nSPS) is 12.2. The third-order valence-electron chi connectivity index (χ3n) is 5.15. The van der Waals surface area contributed by atoms with Crippen LogP contribution in [0.2, 0.25) is 0 Å². The van der Waals surface area contributed by atoms with E-state index in [1.54, 1.807) is 36.3 Å². The highest BCUT2D eigenvalue weighted by atomic mass is 32.1. The number of hydrogen-bond donors (Lipinski definition) is 1. The molecule has 0 bridgehead atoms. The second-order valence-electron chi connectivity index (χ2n) is 7.64. The van der Waals surface area contributed by atoms with Gasteiger partial charge in [-0.3, -0.25) is 9.59 Å². The third kappa shape index (κ3) is 5.89. The van der Waals surface area contributed by atoms with Crippen LogP contribution in [0.5, 0.6) is 11.5 Å². The maximum absolute atomic E-state index is 12.9. The summed E-state index contributed by atoms with van der Waals surface area (Å²) in [7, 11) is 1.76. The molecule has 1 N–H and O–H groups in total. The van der Waals surface area contributed by atoms with E-state index in [1.807, 2.05) is 44.2 Å². The number of carbonyl (C=O) groups is 2. The summed E-state index contributed by atoms with van der Waals surface area (Å²) in [6.45, 7) is 4.54. The summed E-state index contributed by atoms with van der Waals surface area (Å²) >= 11 is -0.750. The number of nitrogens with zero attached hydrogens (tertiary/aromatic N) is 2. The van der Waals surface area contributed by atoms with E-state index < -0.39 is 11.6 Å². The molecule has 0 aliphatic carbocycles. The lowest BCUT2D eigenvalue weighted by molar-refractivity contribution is 0.0779. The monoisotopic (exact) mass is 465 g/mol. The van der Waals surface area contributed by atoms with E-state index in [9.17, 15) is 9.59 Å². The number of anilines is 1. The molecule has 1 aliphatic rings. The number of hydrogen-bond acceptors (Lipinski definition) is 6. The topological polar surface area (TPSA) is 106 Å². The molecule has 1 aromatic heterocycles. The van der Waals surface area contributed by atoms with Gasteiger partial charge in [0.2, 0.25) is 0 Å². The van der Waals surface area contributed by atoms with Crippen molar-refractivity contribution >= 4 is 29.2 Å². The van der Waals surface area contributed by atoms with Gasteiger partial charge >= 0.3 is 11.6 Å². The van der Waals surface area contributed by atoms with Crippen molar-refractivity contribution in [1.82, 2.24) is 9.88 Å². The summed E-state index contributed by atoms with van der Waals surface area (Å²) in [6.07, 6.45) is 2.35. The number of aryl methyl sites for hydroxylation is 2. The molecule has 0 saturated heterocycles. The number of benzene rings is 2. The Morgan fingerprint density at radius 1 is 1.06 bits per heavy atom. The minimum Gasteiger partial charge on any atom is -0.457 e. The largest absolute Gasteiger partial charge is 0.457 e. The van der Waals surface area contributed by atoms with Gasteiger partial charge in [0.15, 0.2) is 0 Å². The van der Waals surface area contributed by atoms with E-state index in [0.29, 0.717) is 41.4 Å². The first-order chi connectivity index (χ1) is 15.8. The molecule has 4 rings (SSSR count). The zero-order chi connectivity index (χ0) is 24.0. The number of carbonyl (C=O) groups excluding carboxylic acids is 2. The van der Waals surface area contributed by atoms with Crippen LogP contribution in [0.25, 0.3) is 0 Å². The van der Waals surface area contributed by atoms with Gasteiger partial charge in [0.25, 0.3) is 11.8 Å². The van der Waals surface area contributed by atoms with Gasteiger partial charge in [-0.15, -0.1) is 0 Å². The molecule has 0 unspecified atom stereocenters. The molecular formula is C24H23N3O5S. The number of likely N-dealkylation sites (N-methyl/N-ethyl adjacent to an activating group) is 1. The van der Waals surface area contributed by atoms with Crippen LogP contribution in [0.3, 0.4) is 0 Å². The van der Waals surface area contributed by atoms with E-state index in [0.717, 1.165) is 16.7 Å². The first-order valence-electron chi connectivity index (χ1n) is 10.1. The van der Waals surface area contributed by atoms with Crippen molar-refractivity contribution in [2.75, 3.05) is 18.9 Å². The van der Waals surface area contributed by atoms with E-state index >= 15 is 0 Å². The predicted molar refractivity (Wildman–Crippen MR) is 124 cm³/mol. The molecule has 0 radical (unpaired) electrons. The number of pyridine rings is 1. The summed E-state index contributed by atoms with van der Waals surface area (Å²) in [5, 5.41) is 2.79. The van der Waals surface area contributed by atoms with Crippen LogP contribution < -0.4 is 10.1 Å². The number of fused-ring (bicyclic) bond motifs is 1. The molecule has 1 aliphatic heterocycles. The molecule has 9 heteroatoms. The lowest BCUT2D eigenvalue weighted by atomic mass is 9.95. The number of rotatable bonds is 4. The van der Waals surface area contributed by atoms with E-state index in [2.05, 4.69) is 10.3 Å². The number of amides is 2. The summed E-state index contributed by atoms with van der Waals surface area (Å²) in [5.74, 6) is 1.18. The third-order valence-corrected chi connectivity index (χ3v) is 5.15.